The summed E-state index contributed by atoms with van der Waals surface area (Å²) in [5.74, 6) is -2.63. The third-order valence-electron chi connectivity index (χ3n) is 4.02. The second-order valence-corrected chi connectivity index (χ2v) is 5.89. The number of hydrogen-bond acceptors (Lipinski definition) is 5. The van der Waals surface area contributed by atoms with Gasteiger partial charge in [-0.2, -0.15) is 13.2 Å². The van der Waals surface area contributed by atoms with Crippen molar-refractivity contribution in [3.05, 3.63) is 23.9 Å². The van der Waals surface area contributed by atoms with Crippen LogP contribution in [0.3, 0.4) is 0 Å². The molecule has 0 aliphatic carbocycles. The average Bonchev–Trinajstić information content (AvgIpc) is 2.60. The fraction of sp³-hybridized carbons (Fsp3) is 0.562. The Balaban J connectivity index is 1.88. The van der Waals surface area contributed by atoms with E-state index in [-0.39, 0.29) is 23.9 Å². The van der Waals surface area contributed by atoms with Gasteiger partial charge in [0.2, 0.25) is 5.88 Å². The van der Waals surface area contributed by atoms with Gasteiger partial charge in [-0.15, -0.1) is 0 Å². The molecule has 1 fully saturated rings. The Labute approximate surface area is 147 Å². The van der Waals surface area contributed by atoms with E-state index >= 15 is 0 Å². The van der Waals surface area contributed by atoms with Crippen molar-refractivity contribution < 1.29 is 37.3 Å². The molecule has 2 heterocycles. The molecule has 1 unspecified atom stereocenters. The number of nitrogens with zero attached hydrogens (tertiary/aromatic N) is 1. The van der Waals surface area contributed by atoms with Gasteiger partial charge in [-0.1, -0.05) is 0 Å². The summed E-state index contributed by atoms with van der Waals surface area (Å²) in [6.45, 7) is -0.542. The molecule has 144 valence electrons. The molecule has 1 atom stereocenters. The molecule has 0 spiro atoms. The molecule has 2 N–H and O–H groups in total. The van der Waals surface area contributed by atoms with Crippen molar-refractivity contribution in [2.45, 2.75) is 19.0 Å². The third kappa shape index (κ3) is 6.17. The molecule has 1 aromatic rings. The highest BCUT2D eigenvalue weighted by Gasteiger charge is 2.30. The van der Waals surface area contributed by atoms with Crippen LogP contribution in [0.4, 0.5) is 13.2 Å². The number of pyridine rings is 1. The summed E-state index contributed by atoms with van der Waals surface area (Å²) < 4.78 is 45.9. The van der Waals surface area contributed by atoms with E-state index in [2.05, 4.69) is 15.0 Å². The number of amides is 1. The molecule has 0 bridgehead atoms. The normalized spacial score (nSPS) is 16.7. The van der Waals surface area contributed by atoms with E-state index in [0.29, 0.717) is 26.1 Å². The average molecular weight is 376 g/mol. The van der Waals surface area contributed by atoms with E-state index in [1.807, 2.05) is 0 Å². The molecule has 7 nitrogen and oxygen atoms in total. The number of carboxylic acid groups (broad SMARTS) is 1. The van der Waals surface area contributed by atoms with Crippen molar-refractivity contribution in [2.24, 2.45) is 11.8 Å². The van der Waals surface area contributed by atoms with Gasteiger partial charge in [-0.25, -0.2) is 4.98 Å². The van der Waals surface area contributed by atoms with Crippen molar-refractivity contribution in [3.63, 3.8) is 0 Å². The Hall–Kier alpha value is -2.36. The predicted octanol–water partition coefficient (Wildman–Crippen LogP) is 1.88. The maximum Gasteiger partial charge on any atom is 0.422 e. The van der Waals surface area contributed by atoms with Gasteiger partial charge in [0, 0.05) is 32.0 Å². The molecular weight excluding hydrogens is 357 g/mol. The molecular formula is C16H19F3N2O5. The van der Waals surface area contributed by atoms with Gasteiger partial charge in [0.1, 0.15) is 0 Å². The lowest BCUT2D eigenvalue weighted by atomic mass is 9.86. The molecule has 1 amide bonds. The van der Waals surface area contributed by atoms with E-state index in [0.717, 1.165) is 12.3 Å². The largest absolute Gasteiger partial charge is 0.481 e. The van der Waals surface area contributed by atoms with Gasteiger partial charge in [0.25, 0.3) is 5.91 Å². The van der Waals surface area contributed by atoms with Crippen molar-refractivity contribution in [1.29, 1.82) is 0 Å². The second kappa shape index (κ2) is 8.84. The van der Waals surface area contributed by atoms with E-state index in [1.165, 1.54) is 6.07 Å². The first-order chi connectivity index (χ1) is 12.3. The van der Waals surface area contributed by atoms with Gasteiger partial charge < -0.3 is 19.9 Å². The van der Waals surface area contributed by atoms with Crippen LogP contribution in [0.1, 0.15) is 23.2 Å². The summed E-state index contributed by atoms with van der Waals surface area (Å²) in [5, 5.41) is 11.9. The van der Waals surface area contributed by atoms with Crippen LogP contribution in [0.15, 0.2) is 18.3 Å². The highest BCUT2D eigenvalue weighted by Crippen LogP contribution is 2.24. The zero-order valence-corrected chi connectivity index (χ0v) is 13.8. The second-order valence-electron chi connectivity index (χ2n) is 5.89. The fourth-order valence-corrected chi connectivity index (χ4v) is 2.63. The molecule has 1 aromatic heterocycles. The lowest BCUT2D eigenvalue weighted by Crippen LogP contribution is -2.39. The lowest BCUT2D eigenvalue weighted by molar-refractivity contribution is -0.154. The maximum atomic E-state index is 12.1. The van der Waals surface area contributed by atoms with E-state index in [9.17, 15) is 27.9 Å². The van der Waals surface area contributed by atoms with Crippen LogP contribution in [-0.2, 0) is 9.53 Å². The Morgan fingerprint density at radius 1 is 1.35 bits per heavy atom. The number of rotatable bonds is 7. The lowest BCUT2D eigenvalue weighted by Gasteiger charge is -2.27. The van der Waals surface area contributed by atoms with Crippen LogP contribution in [0, 0.1) is 11.8 Å². The Morgan fingerprint density at radius 2 is 2.04 bits per heavy atom. The molecule has 0 aromatic carbocycles. The first kappa shape index (κ1) is 20.0. The predicted molar refractivity (Wildman–Crippen MR) is 82.8 cm³/mol. The van der Waals surface area contributed by atoms with Gasteiger partial charge in [-0.05, 0) is 24.8 Å². The number of aliphatic carboxylic acids is 1. The first-order valence-electron chi connectivity index (χ1n) is 8.00. The standard InChI is InChI=1S/C16H19F3N2O5/c17-16(18,19)9-26-13-2-1-11(7-20-13)14(22)21-8-12(15(23)24)10-3-5-25-6-4-10/h1-2,7,10,12H,3-6,8-9H2,(H,21,22)(H,23,24). The van der Waals surface area contributed by atoms with Crippen LogP contribution in [0.2, 0.25) is 0 Å². The van der Waals surface area contributed by atoms with Gasteiger partial charge in [0.15, 0.2) is 6.61 Å². The van der Waals surface area contributed by atoms with E-state index in [1.54, 1.807) is 0 Å². The summed E-state index contributed by atoms with van der Waals surface area (Å²) >= 11 is 0. The number of ether oxygens (including phenoxy) is 2. The van der Waals surface area contributed by atoms with Gasteiger partial charge in [-0.3, -0.25) is 9.59 Å². The minimum Gasteiger partial charge on any atom is -0.481 e. The molecule has 0 saturated carbocycles. The molecule has 1 saturated heterocycles. The first-order valence-corrected chi connectivity index (χ1v) is 8.00. The maximum absolute atomic E-state index is 12.1. The highest BCUT2D eigenvalue weighted by atomic mass is 19.4. The van der Waals surface area contributed by atoms with E-state index in [4.69, 9.17) is 4.74 Å². The van der Waals surface area contributed by atoms with Gasteiger partial charge in [0.05, 0.1) is 11.5 Å². The molecule has 26 heavy (non-hydrogen) atoms. The minimum absolute atomic E-state index is 0.0504. The topological polar surface area (TPSA) is 97.8 Å². The minimum atomic E-state index is -4.48. The quantitative estimate of drug-likeness (QED) is 0.754. The third-order valence-corrected chi connectivity index (χ3v) is 4.02. The highest BCUT2D eigenvalue weighted by molar-refractivity contribution is 5.94. The zero-order chi connectivity index (χ0) is 19.2. The number of carbonyl (C=O) groups is 2. The van der Waals surface area contributed by atoms with E-state index < -0.39 is 30.6 Å². The summed E-state index contributed by atoms with van der Waals surface area (Å²) in [6, 6.07) is 2.41. The number of carbonyl (C=O) groups excluding carboxylic acids is 1. The summed E-state index contributed by atoms with van der Waals surface area (Å²) in [4.78, 5) is 27.2. The van der Waals surface area contributed by atoms with Crippen LogP contribution >= 0.6 is 0 Å². The smallest absolute Gasteiger partial charge is 0.422 e. The number of hydrogen-bond donors (Lipinski definition) is 2. The zero-order valence-electron chi connectivity index (χ0n) is 13.8. The number of aromatic nitrogens is 1. The SMILES string of the molecule is O=C(NCC(C(=O)O)C1CCOCC1)c1ccc(OCC(F)(F)F)nc1. The molecule has 0 radical (unpaired) electrons. The summed E-state index contributed by atoms with van der Waals surface area (Å²) in [7, 11) is 0. The molecule has 1 aliphatic heterocycles. The molecule has 10 heteroatoms. The monoisotopic (exact) mass is 376 g/mol. The van der Waals surface area contributed by atoms with Crippen molar-refractivity contribution in [2.75, 3.05) is 26.4 Å². The summed E-state index contributed by atoms with van der Waals surface area (Å²) in [5.41, 5.74) is 0.0977. The fourth-order valence-electron chi connectivity index (χ4n) is 2.63. The Kier molecular flexibility index (Phi) is 6.78. The molecule has 2 rings (SSSR count). The Morgan fingerprint density at radius 3 is 2.58 bits per heavy atom. The van der Waals surface area contributed by atoms with Crippen LogP contribution in [-0.4, -0.2) is 54.5 Å². The van der Waals surface area contributed by atoms with Crippen LogP contribution < -0.4 is 10.1 Å². The van der Waals surface area contributed by atoms with Crippen molar-refractivity contribution in [3.8, 4) is 5.88 Å². The Bertz CT molecular complexity index is 615. The number of nitrogens with one attached hydrogen (secondary N) is 1. The number of carboxylic acids is 1. The summed E-state index contributed by atoms with van der Waals surface area (Å²) in [6.07, 6.45) is -2.18. The van der Waals surface area contributed by atoms with Gasteiger partial charge >= 0.3 is 12.1 Å². The number of alkyl halides is 3. The van der Waals surface area contributed by atoms with Crippen LogP contribution in [0.25, 0.3) is 0 Å². The number of halogens is 3. The molecule has 1 aliphatic rings. The van der Waals surface area contributed by atoms with Crippen molar-refractivity contribution in [1.82, 2.24) is 10.3 Å². The van der Waals surface area contributed by atoms with Crippen LogP contribution in [0.5, 0.6) is 5.88 Å². The van der Waals surface area contributed by atoms with Crippen molar-refractivity contribution >= 4 is 11.9 Å².